The number of hydrogen-bond donors (Lipinski definition) is 0. The van der Waals surface area contributed by atoms with Gasteiger partial charge in [-0.15, -0.1) is 11.3 Å². The van der Waals surface area contributed by atoms with Gasteiger partial charge in [-0.1, -0.05) is 30.3 Å². The highest BCUT2D eigenvalue weighted by Gasteiger charge is 2.07. The molecule has 2 heterocycles. The first kappa shape index (κ1) is 10.9. The van der Waals surface area contributed by atoms with Crippen molar-refractivity contribution < 1.29 is 0 Å². The maximum absolute atomic E-state index is 4.32. The van der Waals surface area contributed by atoms with Gasteiger partial charge in [0.2, 0.25) is 0 Å². The number of thiophene rings is 1. The van der Waals surface area contributed by atoms with Crippen LogP contribution < -0.4 is 0 Å². The standard InChI is InChI=1S/C14H10BrNS/c15-13-9-17-14-11(7-16-8-12(13)14)6-10-4-2-1-3-5-10/h1-5,7-9H,6H2. The van der Waals surface area contributed by atoms with Crippen molar-refractivity contribution in [2.75, 3.05) is 0 Å². The predicted molar refractivity (Wildman–Crippen MR) is 76.6 cm³/mol. The van der Waals surface area contributed by atoms with Crippen molar-refractivity contribution in [3.8, 4) is 0 Å². The first-order valence-corrected chi connectivity index (χ1v) is 7.05. The van der Waals surface area contributed by atoms with Gasteiger partial charge >= 0.3 is 0 Å². The molecule has 0 aliphatic heterocycles. The summed E-state index contributed by atoms with van der Waals surface area (Å²) >= 11 is 5.33. The van der Waals surface area contributed by atoms with Gasteiger partial charge in [0, 0.05) is 38.8 Å². The number of hydrogen-bond acceptors (Lipinski definition) is 2. The van der Waals surface area contributed by atoms with Crippen LogP contribution in [0, 0.1) is 0 Å². The Balaban J connectivity index is 2.06. The third kappa shape index (κ3) is 2.13. The van der Waals surface area contributed by atoms with E-state index in [1.54, 1.807) is 11.3 Å². The minimum atomic E-state index is 0.943. The van der Waals surface area contributed by atoms with Crippen LogP contribution in [0.3, 0.4) is 0 Å². The zero-order valence-electron chi connectivity index (χ0n) is 9.06. The fourth-order valence-corrected chi connectivity index (χ4v) is 3.54. The molecule has 0 amide bonds. The van der Waals surface area contributed by atoms with Crippen LogP contribution in [0.25, 0.3) is 10.1 Å². The zero-order valence-corrected chi connectivity index (χ0v) is 11.5. The van der Waals surface area contributed by atoms with Crippen LogP contribution >= 0.6 is 27.3 Å². The maximum atomic E-state index is 4.32. The number of benzene rings is 1. The maximum Gasteiger partial charge on any atom is 0.0420 e. The fraction of sp³-hybridized carbons (Fsp3) is 0.0714. The topological polar surface area (TPSA) is 12.9 Å². The van der Waals surface area contributed by atoms with Crippen LogP contribution in [0.4, 0.5) is 0 Å². The largest absolute Gasteiger partial charge is 0.264 e. The SMILES string of the molecule is Brc1csc2c(Cc3ccccc3)cncc12. The lowest BCUT2D eigenvalue weighted by Crippen LogP contribution is -1.89. The van der Waals surface area contributed by atoms with Crippen molar-refractivity contribution in [2.45, 2.75) is 6.42 Å². The Morgan fingerprint density at radius 3 is 2.76 bits per heavy atom. The lowest BCUT2D eigenvalue weighted by molar-refractivity contribution is 1.18. The molecule has 3 aromatic rings. The van der Waals surface area contributed by atoms with Crippen molar-refractivity contribution in [2.24, 2.45) is 0 Å². The van der Waals surface area contributed by atoms with Crippen molar-refractivity contribution in [3.05, 3.63) is 63.7 Å². The highest BCUT2D eigenvalue weighted by molar-refractivity contribution is 9.10. The summed E-state index contributed by atoms with van der Waals surface area (Å²) in [6.07, 6.45) is 4.83. The second kappa shape index (κ2) is 4.59. The van der Waals surface area contributed by atoms with E-state index in [2.05, 4.69) is 50.6 Å². The Kier molecular flexibility index (Phi) is 2.95. The number of aromatic nitrogens is 1. The summed E-state index contributed by atoms with van der Waals surface area (Å²) in [6.45, 7) is 0. The Labute approximate surface area is 112 Å². The van der Waals surface area contributed by atoms with Gasteiger partial charge in [-0.3, -0.25) is 4.98 Å². The van der Waals surface area contributed by atoms with E-state index >= 15 is 0 Å². The van der Waals surface area contributed by atoms with Crippen LogP contribution in [0.1, 0.15) is 11.1 Å². The van der Waals surface area contributed by atoms with E-state index in [1.807, 2.05) is 18.5 Å². The van der Waals surface area contributed by atoms with Gasteiger partial charge < -0.3 is 0 Å². The molecule has 0 bridgehead atoms. The number of pyridine rings is 1. The first-order chi connectivity index (χ1) is 8.34. The molecule has 0 aliphatic carbocycles. The number of rotatable bonds is 2. The number of fused-ring (bicyclic) bond motifs is 1. The van der Waals surface area contributed by atoms with Gasteiger partial charge in [0.05, 0.1) is 0 Å². The Morgan fingerprint density at radius 2 is 1.94 bits per heavy atom. The van der Waals surface area contributed by atoms with Crippen LogP contribution in [0.2, 0.25) is 0 Å². The molecule has 0 aliphatic rings. The first-order valence-electron chi connectivity index (χ1n) is 5.38. The molecule has 0 atom stereocenters. The zero-order chi connectivity index (χ0) is 11.7. The van der Waals surface area contributed by atoms with Gasteiger partial charge in [0.25, 0.3) is 0 Å². The van der Waals surface area contributed by atoms with Gasteiger partial charge in [0.15, 0.2) is 0 Å². The molecular formula is C14H10BrNS. The highest BCUT2D eigenvalue weighted by Crippen LogP contribution is 2.32. The van der Waals surface area contributed by atoms with E-state index in [0.29, 0.717) is 0 Å². The van der Waals surface area contributed by atoms with Gasteiger partial charge in [-0.2, -0.15) is 0 Å². The molecule has 0 saturated heterocycles. The van der Waals surface area contributed by atoms with Crippen molar-refractivity contribution in [3.63, 3.8) is 0 Å². The average Bonchev–Trinajstić information content (AvgIpc) is 2.74. The molecule has 0 fully saturated rings. The average molecular weight is 304 g/mol. The molecule has 84 valence electrons. The lowest BCUT2D eigenvalue weighted by atomic mass is 10.1. The van der Waals surface area contributed by atoms with E-state index < -0.39 is 0 Å². The van der Waals surface area contributed by atoms with E-state index in [-0.39, 0.29) is 0 Å². The second-order valence-electron chi connectivity index (χ2n) is 3.92. The summed E-state index contributed by atoms with van der Waals surface area (Å²) in [5, 5.41) is 3.34. The van der Waals surface area contributed by atoms with E-state index in [0.717, 1.165) is 10.9 Å². The van der Waals surface area contributed by atoms with Crippen molar-refractivity contribution >= 4 is 37.4 Å². The van der Waals surface area contributed by atoms with Crippen LogP contribution in [0.5, 0.6) is 0 Å². The predicted octanol–water partition coefficient (Wildman–Crippen LogP) is 4.65. The quantitative estimate of drug-likeness (QED) is 0.671. The normalized spacial score (nSPS) is 10.9. The number of nitrogens with zero attached hydrogens (tertiary/aromatic N) is 1. The molecule has 3 rings (SSSR count). The Morgan fingerprint density at radius 1 is 1.12 bits per heavy atom. The Hall–Kier alpha value is -1.19. The second-order valence-corrected chi connectivity index (χ2v) is 5.66. The van der Waals surface area contributed by atoms with E-state index in [4.69, 9.17) is 0 Å². The molecule has 2 aromatic heterocycles. The summed E-state index contributed by atoms with van der Waals surface area (Å²) in [7, 11) is 0. The summed E-state index contributed by atoms with van der Waals surface area (Å²) < 4.78 is 2.47. The van der Waals surface area contributed by atoms with Crippen molar-refractivity contribution in [1.29, 1.82) is 0 Å². The molecule has 3 heteroatoms. The molecule has 0 saturated carbocycles. The number of halogens is 1. The van der Waals surface area contributed by atoms with Gasteiger partial charge in [0.1, 0.15) is 0 Å². The summed E-state index contributed by atoms with van der Waals surface area (Å²) in [4.78, 5) is 4.32. The minimum Gasteiger partial charge on any atom is -0.264 e. The van der Waals surface area contributed by atoms with Gasteiger partial charge in [-0.25, -0.2) is 0 Å². The van der Waals surface area contributed by atoms with Gasteiger partial charge in [-0.05, 0) is 27.1 Å². The summed E-state index contributed by atoms with van der Waals surface area (Å²) in [5.41, 5.74) is 2.62. The molecule has 17 heavy (non-hydrogen) atoms. The summed E-state index contributed by atoms with van der Waals surface area (Å²) in [5.74, 6) is 0. The molecule has 0 unspecified atom stereocenters. The molecule has 0 N–H and O–H groups in total. The minimum absolute atomic E-state index is 0.943. The van der Waals surface area contributed by atoms with E-state index in [9.17, 15) is 0 Å². The van der Waals surface area contributed by atoms with Crippen LogP contribution in [-0.4, -0.2) is 4.98 Å². The lowest BCUT2D eigenvalue weighted by Gasteiger charge is -2.02. The fourth-order valence-electron chi connectivity index (χ4n) is 1.92. The Bertz CT molecular complexity index is 646. The molecule has 1 aromatic carbocycles. The third-order valence-electron chi connectivity index (χ3n) is 2.75. The summed E-state index contributed by atoms with van der Waals surface area (Å²) in [6, 6.07) is 10.5. The molecule has 0 radical (unpaired) electrons. The van der Waals surface area contributed by atoms with E-state index in [1.165, 1.54) is 21.2 Å². The molecule has 1 nitrogen and oxygen atoms in total. The van der Waals surface area contributed by atoms with Crippen LogP contribution in [0.15, 0.2) is 52.6 Å². The molecule has 0 spiro atoms. The van der Waals surface area contributed by atoms with Crippen LogP contribution in [-0.2, 0) is 6.42 Å². The monoisotopic (exact) mass is 303 g/mol. The van der Waals surface area contributed by atoms with Crippen molar-refractivity contribution in [1.82, 2.24) is 4.98 Å². The highest BCUT2D eigenvalue weighted by atomic mass is 79.9. The third-order valence-corrected chi connectivity index (χ3v) is 4.78. The smallest absolute Gasteiger partial charge is 0.0420 e. The molecular weight excluding hydrogens is 294 g/mol.